The average Bonchev–Trinajstić information content (AvgIpc) is 3.80. The number of hydrogen-bond acceptors (Lipinski definition) is 11. The number of sulfonamides is 1. The standard InChI is InChI=1S/C34H48N8O8S2/c1-33(2,48)27-19-37-40-42(27)23-18-26(31(46)39-34(28(43)29(35)44)13-15-51-16-14-34)41(20-23)32(47)25(17-21-7-5-4-6-8-21)38-30(45)22-9-11-24(12-10-22)52(49,50)36-3/h9-12,19,21,23,25-26,36,48H,4-8,13-18,20H2,1-3H3,(H2,35,44)(H,38,45)(H,39,46)/t23-,25+,26-/m0/s1. The van der Waals surface area contributed by atoms with Gasteiger partial charge in [0.1, 0.15) is 23.2 Å². The summed E-state index contributed by atoms with van der Waals surface area (Å²) in [7, 11) is -2.46. The van der Waals surface area contributed by atoms with Gasteiger partial charge in [-0.15, -0.1) is 5.10 Å². The van der Waals surface area contributed by atoms with E-state index in [2.05, 4.69) is 25.7 Å². The first-order valence-corrected chi connectivity index (χ1v) is 20.2. The zero-order valence-corrected chi connectivity index (χ0v) is 31.3. The minimum absolute atomic E-state index is 0.0242. The van der Waals surface area contributed by atoms with Gasteiger partial charge in [-0.3, -0.25) is 24.0 Å². The number of primary amides is 1. The molecule has 3 fully saturated rings. The Labute approximate surface area is 307 Å². The second kappa shape index (κ2) is 16.0. The zero-order valence-electron chi connectivity index (χ0n) is 29.7. The van der Waals surface area contributed by atoms with Gasteiger partial charge in [-0.2, -0.15) is 11.8 Å². The zero-order chi connectivity index (χ0) is 37.8. The Kier molecular flexibility index (Phi) is 12.1. The highest BCUT2D eigenvalue weighted by Crippen LogP contribution is 2.35. The van der Waals surface area contributed by atoms with Gasteiger partial charge in [0.05, 0.1) is 22.8 Å². The van der Waals surface area contributed by atoms with Gasteiger partial charge in [0.2, 0.25) is 27.6 Å². The highest BCUT2D eigenvalue weighted by molar-refractivity contribution is 7.99. The SMILES string of the molecule is CNS(=O)(=O)c1ccc(C(=O)N[C@H](CC2CCCCC2)C(=O)N2C[C@@H](n3nncc3C(C)(C)O)C[C@H]2C(=O)NC2(C(=O)C(N)=O)CCSCC2)cc1. The van der Waals surface area contributed by atoms with Gasteiger partial charge in [0.15, 0.2) is 0 Å². The van der Waals surface area contributed by atoms with E-state index >= 15 is 0 Å². The van der Waals surface area contributed by atoms with Crippen LogP contribution in [0.4, 0.5) is 0 Å². The van der Waals surface area contributed by atoms with Crippen molar-refractivity contribution in [2.75, 3.05) is 25.1 Å². The van der Waals surface area contributed by atoms with Crippen LogP contribution in [0.1, 0.15) is 93.7 Å². The second-order valence-electron chi connectivity index (χ2n) is 14.4. The van der Waals surface area contributed by atoms with Crippen molar-refractivity contribution in [3.63, 3.8) is 0 Å². The molecule has 1 aromatic heterocycles. The lowest BCUT2D eigenvalue weighted by atomic mass is 9.84. The van der Waals surface area contributed by atoms with Gasteiger partial charge in [-0.25, -0.2) is 17.8 Å². The van der Waals surface area contributed by atoms with Crippen molar-refractivity contribution in [2.24, 2.45) is 11.7 Å². The van der Waals surface area contributed by atoms with Crippen molar-refractivity contribution in [3.05, 3.63) is 41.7 Å². The molecule has 3 atom stereocenters. The van der Waals surface area contributed by atoms with Gasteiger partial charge in [0, 0.05) is 18.5 Å². The molecule has 2 aromatic rings. The summed E-state index contributed by atoms with van der Waals surface area (Å²) in [4.78, 5) is 69.3. The predicted molar refractivity (Wildman–Crippen MR) is 191 cm³/mol. The number of aliphatic hydroxyl groups is 1. The fourth-order valence-electron chi connectivity index (χ4n) is 7.44. The number of benzene rings is 1. The summed E-state index contributed by atoms with van der Waals surface area (Å²) in [5.41, 5.74) is 3.07. The number of thioether (sulfide) groups is 1. The van der Waals surface area contributed by atoms with Crippen molar-refractivity contribution < 1.29 is 37.5 Å². The molecule has 0 radical (unpaired) electrons. The topological polar surface area (TPSA) is 236 Å². The molecule has 284 valence electrons. The van der Waals surface area contributed by atoms with Gasteiger partial charge in [-0.1, -0.05) is 37.3 Å². The minimum atomic E-state index is -3.74. The Morgan fingerprint density at radius 3 is 2.33 bits per heavy atom. The van der Waals surface area contributed by atoms with E-state index in [1.807, 2.05) is 0 Å². The Hall–Kier alpha value is -3.87. The van der Waals surface area contributed by atoms with E-state index in [1.54, 1.807) is 25.6 Å². The summed E-state index contributed by atoms with van der Waals surface area (Å²) in [5.74, 6) is -2.66. The van der Waals surface area contributed by atoms with E-state index in [0.717, 1.165) is 32.1 Å². The average molecular weight is 761 g/mol. The molecule has 2 saturated heterocycles. The lowest BCUT2D eigenvalue weighted by Crippen LogP contribution is -2.63. The van der Waals surface area contributed by atoms with Gasteiger partial charge >= 0.3 is 0 Å². The number of hydrogen-bond donors (Lipinski definition) is 5. The molecule has 1 aliphatic carbocycles. The molecule has 2 aliphatic heterocycles. The molecule has 5 rings (SSSR count). The van der Waals surface area contributed by atoms with Crippen LogP contribution in [-0.2, 0) is 34.8 Å². The Bertz CT molecular complexity index is 1760. The van der Waals surface area contributed by atoms with E-state index in [-0.39, 0.29) is 42.2 Å². The fraction of sp³-hybridized carbons (Fsp3) is 0.618. The molecule has 6 N–H and O–H groups in total. The lowest BCUT2D eigenvalue weighted by Gasteiger charge is -2.37. The fourth-order valence-corrected chi connectivity index (χ4v) is 9.36. The Morgan fingerprint density at radius 1 is 1.08 bits per heavy atom. The normalized spacial score (nSPS) is 21.7. The van der Waals surface area contributed by atoms with E-state index in [9.17, 15) is 37.5 Å². The first-order valence-electron chi connectivity index (χ1n) is 17.6. The molecule has 1 saturated carbocycles. The molecule has 0 bridgehead atoms. The maximum absolute atomic E-state index is 14.7. The van der Waals surface area contributed by atoms with Crippen LogP contribution >= 0.6 is 11.8 Å². The third kappa shape index (κ3) is 8.66. The summed E-state index contributed by atoms with van der Waals surface area (Å²) in [6, 6.07) is 2.53. The number of ketones is 1. The number of amides is 4. The molecule has 0 unspecified atom stereocenters. The summed E-state index contributed by atoms with van der Waals surface area (Å²) >= 11 is 1.59. The number of nitrogens with one attached hydrogen (secondary N) is 3. The smallest absolute Gasteiger partial charge is 0.287 e. The number of Topliss-reactive ketones (excluding diaryl/α,β-unsaturated/α-hetero) is 1. The molecule has 18 heteroatoms. The summed E-state index contributed by atoms with van der Waals surface area (Å²) in [5, 5.41) is 24.7. The minimum Gasteiger partial charge on any atom is -0.384 e. The summed E-state index contributed by atoms with van der Waals surface area (Å²) < 4.78 is 28.2. The summed E-state index contributed by atoms with van der Waals surface area (Å²) in [6.07, 6.45) is 6.93. The molecule has 3 aliphatic rings. The predicted octanol–water partition coefficient (Wildman–Crippen LogP) is 0.761. The van der Waals surface area contributed by atoms with Crippen LogP contribution in [-0.4, -0.2) is 106 Å². The van der Waals surface area contributed by atoms with Crippen molar-refractivity contribution in [2.45, 2.75) is 106 Å². The molecule has 16 nitrogen and oxygen atoms in total. The largest absolute Gasteiger partial charge is 0.384 e. The first-order chi connectivity index (χ1) is 24.6. The van der Waals surface area contributed by atoms with Gasteiger partial charge in [0.25, 0.3) is 11.8 Å². The second-order valence-corrected chi connectivity index (χ2v) is 17.5. The molecular weight excluding hydrogens is 713 g/mol. The van der Waals surface area contributed by atoms with Crippen molar-refractivity contribution in [1.82, 2.24) is 35.2 Å². The van der Waals surface area contributed by atoms with Crippen LogP contribution in [0.25, 0.3) is 0 Å². The Balaban J connectivity index is 1.48. The number of nitrogens with two attached hydrogens (primary N) is 1. The van der Waals surface area contributed by atoms with Crippen LogP contribution in [0.15, 0.2) is 35.4 Å². The molecule has 4 amide bonds. The molecule has 3 heterocycles. The van der Waals surface area contributed by atoms with Crippen LogP contribution in [0, 0.1) is 5.92 Å². The number of aromatic nitrogens is 3. The van der Waals surface area contributed by atoms with Gasteiger partial charge < -0.3 is 26.4 Å². The Morgan fingerprint density at radius 2 is 1.73 bits per heavy atom. The van der Waals surface area contributed by atoms with E-state index in [0.29, 0.717) is 23.6 Å². The van der Waals surface area contributed by atoms with Crippen molar-refractivity contribution in [1.29, 1.82) is 0 Å². The van der Waals surface area contributed by atoms with Crippen LogP contribution in [0.3, 0.4) is 0 Å². The monoisotopic (exact) mass is 760 g/mol. The number of carbonyl (C=O) groups is 5. The third-order valence-corrected chi connectivity index (χ3v) is 12.8. The van der Waals surface area contributed by atoms with E-state index < -0.39 is 68.7 Å². The van der Waals surface area contributed by atoms with Crippen LogP contribution < -0.4 is 21.1 Å². The van der Waals surface area contributed by atoms with Crippen molar-refractivity contribution in [3.8, 4) is 0 Å². The quantitative estimate of drug-likeness (QED) is 0.179. The van der Waals surface area contributed by atoms with Crippen LogP contribution in [0.5, 0.6) is 0 Å². The number of rotatable bonds is 13. The summed E-state index contributed by atoms with van der Waals surface area (Å²) in [6.45, 7) is 3.12. The van der Waals surface area contributed by atoms with Crippen molar-refractivity contribution >= 4 is 51.2 Å². The highest BCUT2D eigenvalue weighted by atomic mass is 32.2. The first kappa shape index (κ1) is 39.3. The van der Waals surface area contributed by atoms with E-state index in [1.165, 1.54) is 47.1 Å². The number of carbonyl (C=O) groups excluding carboxylic acids is 5. The third-order valence-electron chi connectivity index (χ3n) is 10.4. The highest BCUT2D eigenvalue weighted by Gasteiger charge is 2.49. The molecule has 0 spiro atoms. The molecule has 52 heavy (non-hydrogen) atoms. The van der Waals surface area contributed by atoms with E-state index in [4.69, 9.17) is 5.73 Å². The molecule has 1 aromatic carbocycles. The van der Waals surface area contributed by atoms with Crippen LogP contribution in [0.2, 0.25) is 0 Å². The number of nitrogens with zero attached hydrogens (tertiary/aromatic N) is 4. The van der Waals surface area contributed by atoms with Gasteiger partial charge in [-0.05, 0) is 81.8 Å². The number of likely N-dealkylation sites (tertiary alicyclic amines) is 1. The maximum Gasteiger partial charge on any atom is 0.287 e. The lowest BCUT2D eigenvalue weighted by molar-refractivity contribution is -0.145. The molecular formula is C34H48N8O8S2. The maximum atomic E-state index is 14.7.